The van der Waals surface area contributed by atoms with E-state index in [2.05, 4.69) is 9.82 Å². The standard InChI is InChI=1S/C14H16ClN3O2S/c1-9-13(14(15)18(2)16-9)21(19,20)17-12-8-7-10-5-3-4-6-11(10)12/h3-6,12,17H,7-8H2,1-2H3. The SMILES string of the molecule is Cc1nn(C)c(Cl)c1S(=O)(=O)NC1CCc2ccccc21. The van der Waals surface area contributed by atoms with Gasteiger partial charge < -0.3 is 0 Å². The first-order valence-electron chi connectivity index (χ1n) is 6.69. The first kappa shape index (κ1) is 14.6. The van der Waals surface area contributed by atoms with Gasteiger partial charge in [-0.05, 0) is 30.9 Å². The first-order valence-corrected chi connectivity index (χ1v) is 8.55. The van der Waals surface area contributed by atoms with Crippen LogP contribution in [0, 0.1) is 6.92 Å². The second-order valence-electron chi connectivity index (χ2n) is 5.24. The van der Waals surface area contributed by atoms with Crippen molar-refractivity contribution < 1.29 is 8.42 Å². The maximum Gasteiger partial charge on any atom is 0.246 e. The van der Waals surface area contributed by atoms with Gasteiger partial charge in [0, 0.05) is 13.1 Å². The minimum atomic E-state index is -3.69. The Morgan fingerprint density at radius 2 is 2.10 bits per heavy atom. The van der Waals surface area contributed by atoms with E-state index >= 15 is 0 Å². The fourth-order valence-corrected chi connectivity index (χ4v) is 4.84. The second kappa shape index (κ2) is 5.12. The van der Waals surface area contributed by atoms with Gasteiger partial charge in [-0.3, -0.25) is 4.68 Å². The summed E-state index contributed by atoms with van der Waals surface area (Å²) in [4.78, 5) is 0.0658. The van der Waals surface area contributed by atoms with Crippen LogP contribution >= 0.6 is 11.6 Å². The van der Waals surface area contributed by atoms with Crippen molar-refractivity contribution in [3.8, 4) is 0 Å². The zero-order valence-corrected chi connectivity index (χ0v) is 13.4. The van der Waals surface area contributed by atoms with Crippen LogP contribution in [0.2, 0.25) is 5.15 Å². The lowest BCUT2D eigenvalue weighted by Gasteiger charge is -2.14. The van der Waals surface area contributed by atoms with Crippen LogP contribution in [-0.4, -0.2) is 18.2 Å². The molecule has 1 aromatic carbocycles. The van der Waals surface area contributed by atoms with E-state index in [1.807, 2.05) is 24.3 Å². The summed E-state index contributed by atoms with van der Waals surface area (Å²) >= 11 is 6.07. The molecule has 0 radical (unpaired) electrons. The summed E-state index contributed by atoms with van der Waals surface area (Å²) in [5.41, 5.74) is 2.64. The van der Waals surface area contributed by atoms with Crippen LogP contribution in [0.15, 0.2) is 29.2 Å². The van der Waals surface area contributed by atoms with Gasteiger partial charge in [0.1, 0.15) is 10.0 Å². The number of hydrogen-bond donors (Lipinski definition) is 1. The highest BCUT2D eigenvalue weighted by Gasteiger charge is 2.31. The number of sulfonamides is 1. The topological polar surface area (TPSA) is 64.0 Å². The smallest absolute Gasteiger partial charge is 0.246 e. The van der Waals surface area contributed by atoms with Gasteiger partial charge in [-0.1, -0.05) is 35.9 Å². The summed E-state index contributed by atoms with van der Waals surface area (Å²) < 4.78 is 29.3. The Morgan fingerprint density at radius 1 is 1.38 bits per heavy atom. The molecule has 0 bridgehead atoms. The minimum absolute atomic E-state index is 0.0658. The summed E-state index contributed by atoms with van der Waals surface area (Å²) in [5, 5.41) is 4.19. The van der Waals surface area contributed by atoms with Gasteiger partial charge >= 0.3 is 0 Å². The van der Waals surface area contributed by atoms with Crippen molar-refractivity contribution in [3.63, 3.8) is 0 Å². The molecule has 1 heterocycles. The summed E-state index contributed by atoms with van der Waals surface area (Å²) in [6, 6.07) is 7.69. The van der Waals surface area contributed by atoms with Crippen molar-refractivity contribution >= 4 is 21.6 Å². The average Bonchev–Trinajstić information content (AvgIpc) is 2.92. The third-order valence-corrected chi connectivity index (χ3v) is 5.97. The third-order valence-electron chi connectivity index (χ3n) is 3.80. The van der Waals surface area contributed by atoms with Gasteiger partial charge in [-0.15, -0.1) is 0 Å². The molecule has 112 valence electrons. The largest absolute Gasteiger partial charge is 0.255 e. The summed E-state index contributed by atoms with van der Waals surface area (Å²) in [7, 11) is -2.07. The molecule has 5 nitrogen and oxygen atoms in total. The number of fused-ring (bicyclic) bond motifs is 1. The van der Waals surface area contributed by atoms with Crippen molar-refractivity contribution in [2.45, 2.75) is 30.7 Å². The zero-order chi connectivity index (χ0) is 15.2. The number of nitrogens with one attached hydrogen (secondary N) is 1. The molecule has 7 heteroatoms. The number of rotatable bonds is 3. The quantitative estimate of drug-likeness (QED) is 0.942. The maximum atomic E-state index is 12.6. The van der Waals surface area contributed by atoms with E-state index in [1.54, 1.807) is 14.0 Å². The fraction of sp³-hybridized carbons (Fsp3) is 0.357. The lowest BCUT2D eigenvalue weighted by Crippen LogP contribution is -2.27. The molecule has 1 aromatic heterocycles. The molecule has 1 atom stereocenters. The van der Waals surface area contributed by atoms with E-state index in [0.29, 0.717) is 5.69 Å². The van der Waals surface area contributed by atoms with Crippen LogP contribution in [-0.2, 0) is 23.5 Å². The van der Waals surface area contributed by atoms with Crippen LogP contribution in [0.3, 0.4) is 0 Å². The van der Waals surface area contributed by atoms with Crippen LogP contribution in [0.1, 0.15) is 29.3 Å². The van der Waals surface area contributed by atoms with Gasteiger partial charge in [-0.25, -0.2) is 13.1 Å². The van der Waals surface area contributed by atoms with Gasteiger partial charge in [0.25, 0.3) is 0 Å². The van der Waals surface area contributed by atoms with Crippen LogP contribution in [0.5, 0.6) is 0 Å². The highest BCUT2D eigenvalue weighted by molar-refractivity contribution is 7.89. The predicted molar refractivity (Wildman–Crippen MR) is 80.8 cm³/mol. The normalized spacial score (nSPS) is 18.0. The molecule has 1 aliphatic carbocycles. The molecule has 1 unspecified atom stereocenters. The van der Waals surface area contributed by atoms with E-state index < -0.39 is 10.0 Å². The Kier molecular flexibility index (Phi) is 3.55. The molecule has 0 saturated carbocycles. The van der Waals surface area contributed by atoms with Crippen molar-refractivity contribution in [1.29, 1.82) is 0 Å². The monoisotopic (exact) mass is 325 g/mol. The van der Waals surface area contributed by atoms with Gasteiger partial charge in [0.05, 0.1) is 5.69 Å². The molecule has 0 amide bonds. The molecule has 1 N–H and O–H groups in total. The highest BCUT2D eigenvalue weighted by atomic mass is 35.5. The Hall–Kier alpha value is -1.37. The number of nitrogens with zero attached hydrogens (tertiary/aromatic N) is 2. The first-order chi connectivity index (χ1) is 9.90. The number of aromatic nitrogens is 2. The molecule has 2 aromatic rings. The molecule has 21 heavy (non-hydrogen) atoms. The zero-order valence-electron chi connectivity index (χ0n) is 11.8. The lowest BCUT2D eigenvalue weighted by atomic mass is 10.1. The Balaban J connectivity index is 1.95. The molecule has 1 aliphatic rings. The fourth-order valence-electron chi connectivity index (χ4n) is 2.84. The summed E-state index contributed by atoms with van der Waals surface area (Å²) in [6.07, 6.45) is 1.64. The highest BCUT2D eigenvalue weighted by Crippen LogP contribution is 2.33. The Morgan fingerprint density at radius 3 is 2.76 bits per heavy atom. The van der Waals surface area contributed by atoms with Crippen LogP contribution in [0.4, 0.5) is 0 Å². The summed E-state index contributed by atoms with van der Waals surface area (Å²) in [6.45, 7) is 1.64. The summed E-state index contributed by atoms with van der Waals surface area (Å²) in [5.74, 6) is 0. The number of aryl methyl sites for hydroxylation is 3. The minimum Gasteiger partial charge on any atom is -0.255 e. The van der Waals surface area contributed by atoms with E-state index in [4.69, 9.17) is 11.6 Å². The molecule has 0 aliphatic heterocycles. The van der Waals surface area contributed by atoms with Gasteiger partial charge in [0.15, 0.2) is 0 Å². The Bertz CT molecular complexity index is 799. The van der Waals surface area contributed by atoms with Crippen molar-refractivity contribution in [2.75, 3.05) is 0 Å². The van der Waals surface area contributed by atoms with Crippen LogP contribution < -0.4 is 4.72 Å². The molecular formula is C14H16ClN3O2S. The number of hydrogen-bond acceptors (Lipinski definition) is 3. The Labute approximate surface area is 129 Å². The van der Waals surface area contributed by atoms with Crippen molar-refractivity contribution in [3.05, 3.63) is 46.2 Å². The lowest BCUT2D eigenvalue weighted by molar-refractivity contribution is 0.554. The van der Waals surface area contributed by atoms with Crippen LogP contribution in [0.25, 0.3) is 0 Å². The van der Waals surface area contributed by atoms with E-state index in [9.17, 15) is 8.42 Å². The number of halogens is 1. The average molecular weight is 326 g/mol. The van der Waals surface area contributed by atoms with E-state index in [-0.39, 0.29) is 16.1 Å². The van der Waals surface area contributed by atoms with Gasteiger partial charge in [-0.2, -0.15) is 5.10 Å². The predicted octanol–water partition coefficient (Wildman–Crippen LogP) is 2.35. The molecular weight excluding hydrogens is 310 g/mol. The molecule has 0 spiro atoms. The number of benzene rings is 1. The third kappa shape index (κ3) is 2.47. The van der Waals surface area contributed by atoms with E-state index in [1.165, 1.54) is 10.2 Å². The maximum absolute atomic E-state index is 12.6. The molecule has 0 fully saturated rings. The molecule has 0 saturated heterocycles. The molecule has 3 rings (SSSR count). The van der Waals surface area contributed by atoms with Gasteiger partial charge in [0.2, 0.25) is 10.0 Å². The second-order valence-corrected chi connectivity index (χ2v) is 7.25. The van der Waals surface area contributed by atoms with Crippen molar-refractivity contribution in [2.24, 2.45) is 7.05 Å². The van der Waals surface area contributed by atoms with E-state index in [0.717, 1.165) is 18.4 Å². The van der Waals surface area contributed by atoms with Crippen molar-refractivity contribution in [1.82, 2.24) is 14.5 Å².